The van der Waals surface area contributed by atoms with Crippen LogP contribution < -0.4 is 15.4 Å². The van der Waals surface area contributed by atoms with Gasteiger partial charge in [-0.3, -0.25) is 4.79 Å². The summed E-state index contributed by atoms with van der Waals surface area (Å²) in [4.78, 5) is 13.7. The molecule has 7 nitrogen and oxygen atoms in total. The van der Waals surface area contributed by atoms with E-state index in [1.54, 1.807) is 7.11 Å². The summed E-state index contributed by atoms with van der Waals surface area (Å²) in [5.74, 6) is 1.38. The molecule has 1 aliphatic rings. The Morgan fingerprint density at radius 3 is 3.00 bits per heavy atom. The van der Waals surface area contributed by atoms with Gasteiger partial charge in [0.05, 0.1) is 24.1 Å². The van der Waals surface area contributed by atoms with Gasteiger partial charge in [-0.1, -0.05) is 42.2 Å². The van der Waals surface area contributed by atoms with Crippen molar-refractivity contribution >= 4 is 56.2 Å². The number of amides is 1. The summed E-state index contributed by atoms with van der Waals surface area (Å²) in [5, 5.41) is 25.3. The molecule has 1 atom stereocenters. The summed E-state index contributed by atoms with van der Waals surface area (Å²) >= 11 is 4.23. The number of anilines is 3. The van der Waals surface area contributed by atoms with Crippen molar-refractivity contribution in [3.8, 4) is 11.8 Å². The fourth-order valence-electron chi connectivity index (χ4n) is 3.43. The number of thioether (sulfide) groups is 1. The fourth-order valence-corrected chi connectivity index (χ4v) is 6.37. The molecule has 2 aromatic heterocycles. The minimum absolute atomic E-state index is 0.150. The first kappa shape index (κ1) is 21.6. The molecule has 0 aliphatic heterocycles. The first-order valence-electron chi connectivity index (χ1n) is 9.78. The molecule has 0 saturated heterocycles. The van der Waals surface area contributed by atoms with Crippen molar-refractivity contribution in [3.05, 3.63) is 40.3 Å². The normalized spacial score (nSPS) is 15.1. The summed E-state index contributed by atoms with van der Waals surface area (Å²) < 4.78 is 6.02. The Kier molecular flexibility index (Phi) is 6.75. The monoisotopic (exact) mass is 471 g/mol. The molecule has 2 heterocycles. The number of nitriles is 1. The molecule has 0 saturated carbocycles. The lowest BCUT2D eigenvalue weighted by Gasteiger charge is -2.17. The SMILES string of the molecule is COc1ccccc1Nc1nnc(SCC(=O)Nc2sc3c(c2C#N)CCC(C)C3)s1. The zero-order valence-corrected chi connectivity index (χ0v) is 19.5. The molecule has 0 spiro atoms. The van der Waals surface area contributed by atoms with Crippen LogP contribution in [0.2, 0.25) is 0 Å². The molecule has 1 amide bonds. The van der Waals surface area contributed by atoms with E-state index in [0.717, 1.165) is 30.5 Å². The number of ether oxygens (including phenoxy) is 1. The second-order valence-corrected chi connectivity index (χ2v) is 10.5. The van der Waals surface area contributed by atoms with E-state index in [4.69, 9.17) is 4.74 Å². The number of rotatable bonds is 7. The number of hydrogen-bond donors (Lipinski definition) is 2. The number of fused-ring (bicyclic) bond motifs is 1. The Labute approximate surface area is 192 Å². The molecular weight excluding hydrogens is 450 g/mol. The largest absolute Gasteiger partial charge is 0.495 e. The Morgan fingerprint density at radius 2 is 2.19 bits per heavy atom. The van der Waals surface area contributed by atoms with Crippen molar-refractivity contribution < 1.29 is 9.53 Å². The van der Waals surface area contributed by atoms with Crippen LogP contribution >= 0.6 is 34.4 Å². The van der Waals surface area contributed by atoms with Gasteiger partial charge in [-0.15, -0.1) is 21.5 Å². The van der Waals surface area contributed by atoms with Crippen molar-refractivity contribution in [3.63, 3.8) is 0 Å². The highest BCUT2D eigenvalue weighted by Gasteiger charge is 2.24. The van der Waals surface area contributed by atoms with Crippen LogP contribution in [0.4, 0.5) is 15.8 Å². The van der Waals surface area contributed by atoms with Gasteiger partial charge in [-0.2, -0.15) is 5.26 Å². The molecule has 0 fully saturated rings. The number of nitrogens with zero attached hydrogens (tertiary/aromatic N) is 3. The van der Waals surface area contributed by atoms with E-state index < -0.39 is 0 Å². The van der Waals surface area contributed by atoms with Gasteiger partial charge in [0.2, 0.25) is 11.0 Å². The predicted molar refractivity (Wildman–Crippen MR) is 126 cm³/mol. The van der Waals surface area contributed by atoms with Crippen LogP contribution in [0.15, 0.2) is 28.6 Å². The molecule has 4 rings (SSSR count). The van der Waals surface area contributed by atoms with Gasteiger partial charge in [0, 0.05) is 4.88 Å². The van der Waals surface area contributed by atoms with E-state index in [1.165, 1.54) is 39.3 Å². The van der Waals surface area contributed by atoms with E-state index in [2.05, 4.69) is 33.8 Å². The smallest absolute Gasteiger partial charge is 0.235 e. The zero-order chi connectivity index (χ0) is 21.8. The summed E-state index contributed by atoms with van der Waals surface area (Å²) in [6.07, 6.45) is 2.98. The van der Waals surface area contributed by atoms with Crippen LogP contribution in [0.25, 0.3) is 0 Å². The van der Waals surface area contributed by atoms with Crippen LogP contribution in [0, 0.1) is 17.2 Å². The van der Waals surface area contributed by atoms with Crippen LogP contribution in [0.3, 0.4) is 0 Å². The Balaban J connectivity index is 1.35. The molecule has 10 heteroatoms. The number of para-hydroxylation sites is 2. The van der Waals surface area contributed by atoms with E-state index in [0.29, 0.717) is 31.7 Å². The van der Waals surface area contributed by atoms with Crippen molar-refractivity contribution in [2.24, 2.45) is 5.92 Å². The van der Waals surface area contributed by atoms with Gasteiger partial charge in [0.1, 0.15) is 16.8 Å². The van der Waals surface area contributed by atoms with Crippen LogP contribution in [0.1, 0.15) is 29.3 Å². The van der Waals surface area contributed by atoms with Gasteiger partial charge >= 0.3 is 0 Å². The van der Waals surface area contributed by atoms with Crippen molar-refractivity contribution in [1.29, 1.82) is 5.26 Å². The van der Waals surface area contributed by atoms with Gasteiger partial charge in [0.15, 0.2) is 4.34 Å². The maximum atomic E-state index is 12.5. The van der Waals surface area contributed by atoms with Gasteiger partial charge in [-0.05, 0) is 42.9 Å². The second kappa shape index (κ2) is 9.68. The number of benzene rings is 1. The number of aromatic nitrogens is 2. The van der Waals surface area contributed by atoms with Crippen molar-refractivity contribution in [1.82, 2.24) is 10.2 Å². The highest BCUT2D eigenvalue weighted by Crippen LogP contribution is 2.39. The quantitative estimate of drug-likeness (QED) is 0.464. The van der Waals surface area contributed by atoms with E-state index in [1.807, 2.05) is 24.3 Å². The standard InChI is InChI=1S/C21H21N5O2S3/c1-12-7-8-13-14(10-22)19(30-17(13)9-12)24-18(27)11-29-21-26-25-20(31-21)23-15-5-3-4-6-16(15)28-2/h3-6,12H,7-9,11H2,1-2H3,(H,23,25)(H,24,27). The van der Waals surface area contributed by atoms with E-state index in [9.17, 15) is 10.1 Å². The fraction of sp³-hybridized carbons (Fsp3) is 0.333. The first-order valence-corrected chi connectivity index (χ1v) is 12.4. The maximum absolute atomic E-state index is 12.5. The lowest BCUT2D eigenvalue weighted by atomic mass is 9.89. The predicted octanol–water partition coefficient (Wildman–Crippen LogP) is 5.08. The minimum atomic E-state index is -0.150. The second-order valence-electron chi connectivity index (χ2n) is 7.20. The molecule has 0 radical (unpaired) electrons. The summed E-state index contributed by atoms with van der Waals surface area (Å²) in [7, 11) is 1.61. The molecule has 2 N–H and O–H groups in total. The van der Waals surface area contributed by atoms with E-state index >= 15 is 0 Å². The van der Waals surface area contributed by atoms with Crippen LogP contribution in [0.5, 0.6) is 5.75 Å². The number of carbonyl (C=O) groups excluding carboxylic acids is 1. The summed E-state index contributed by atoms with van der Waals surface area (Å²) in [6, 6.07) is 9.85. The highest BCUT2D eigenvalue weighted by molar-refractivity contribution is 8.01. The zero-order valence-electron chi connectivity index (χ0n) is 17.1. The summed E-state index contributed by atoms with van der Waals surface area (Å²) in [5.41, 5.74) is 2.55. The van der Waals surface area contributed by atoms with Crippen molar-refractivity contribution in [2.75, 3.05) is 23.5 Å². The number of thiophene rings is 1. The Bertz CT molecular complexity index is 1130. The van der Waals surface area contributed by atoms with Gasteiger partial charge in [-0.25, -0.2) is 0 Å². The third kappa shape index (κ3) is 5.01. The average molecular weight is 472 g/mol. The molecule has 0 bridgehead atoms. The Hall–Kier alpha value is -2.61. The number of carbonyl (C=O) groups is 1. The number of methoxy groups -OCH3 is 1. The topological polar surface area (TPSA) is 99.9 Å². The third-order valence-corrected chi connectivity index (χ3v) is 8.10. The Morgan fingerprint density at radius 1 is 1.35 bits per heavy atom. The first-order chi connectivity index (χ1) is 15.1. The lowest BCUT2D eigenvalue weighted by molar-refractivity contribution is -0.113. The van der Waals surface area contributed by atoms with Crippen molar-refractivity contribution in [2.45, 2.75) is 30.5 Å². The van der Waals surface area contributed by atoms with Crippen LogP contribution in [-0.2, 0) is 17.6 Å². The molecular formula is C21H21N5O2S3. The summed E-state index contributed by atoms with van der Waals surface area (Å²) in [6.45, 7) is 2.22. The molecule has 3 aromatic rings. The number of hydrogen-bond acceptors (Lipinski definition) is 9. The number of nitrogens with one attached hydrogen (secondary N) is 2. The highest BCUT2D eigenvalue weighted by atomic mass is 32.2. The molecule has 31 heavy (non-hydrogen) atoms. The molecule has 1 unspecified atom stereocenters. The van der Waals surface area contributed by atoms with Gasteiger partial charge < -0.3 is 15.4 Å². The molecule has 1 aliphatic carbocycles. The third-order valence-electron chi connectivity index (χ3n) is 4.96. The molecule has 160 valence electrons. The van der Waals surface area contributed by atoms with E-state index in [-0.39, 0.29) is 11.7 Å². The average Bonchev–Trinajstić information content (AvgIpc) is 3.35. The maximum Gasteiger partial charge on any atom is 0.235 e. The minimum Gasteiger partial charge on any atom is -0.495 e. The molecule has 1 aromatic carbocycles. The van der Waals surface area contributed by atoms with Gasteiger partial charge in [0.25, 0.3) is 0 Å². The lowest BCUT2D eigenvalue weighted by Crippen LogP contribution is -2.14. The van der Waals surface area contributed by atoms with Crippen LogP contribution in [-0.4, -0.2) is 29.0 Å².